The second kappa shape index (κ2) is 9.56. The van der Waals surface area contributed by atoms with E-state index in [4.69, 9.17) is 16.3 Å². The van der Waals surface area contributed by atoms with Gasteiger partial charge in [-0.05, 0) is 30.2 Å². The molecular formula is C20H19ClN4OS. The summed E-state index contributed by atoms with van der Waals surface area (Å²) in [5.41, 5.74) is 2.52. The van der Waals surface area contributed by atoms with E-state index in [9.17, 15) is 5.26 Å². The van der Waals surface area contributed by atoms with Crippen molar-refractivity contribution in [1.82, 2.24) is 14.8 Å². The minimum Gasteiger partial charge on any atom is -0.385 e. The zero-order valence-electron chi connectivity index (χ0n) is 14.9. The summed E-state index contributed by atoms with van der Waals surface area (Å²) in [4.78, 5) is 0. The van der Waals surface area contributed by atoms with Gasteiger partial charge in [-0.1, -0.05) is 53.7 Å². The zero-order valence-corrected chi connectivity index (χ0v) is 16.5. The Morgan fingerprint density at radius 2 is 1.93 bits per heavy atom. The lowest BCUT2D eigenvalue weighted by molar-refractivity contribution is 0.189. The molecule has 0 aliphatic rings. The number of rotatable bonds is 8. The molecule has 0 aliphatic heterocycles. The van der Waals surface area contributed by atoms with Crippen LogP contribution in [0.2, 0.25) is 5.02 Å². The van der Waals surface area contributed by atoms with Crippen molar-refractivity contribution in [2.24, 2.45) is 0 Å². The van der Waals surface area contributed by atoms with Gasteiger partial charge in [0.15, 0.2) is 11.0 Å². The molecule has 0 fully saturated rings. The lowest BCUT2D eigenvalue weighted by Crippen LogP contribution is -2.05. The van der Waals surface area contributed by atoms with E-state index in [1.807, 2.05) is 48.5 Å². The summed E-state index contributed by atoms with van der Waals surface area (Å²) >= 11 is 7.93. The molecule has 0 bridgehead atoms. The van der Waals surface area contributed by atoms with Crippen molar-refractivity contribution in [1.29, 1.82) is 5.26 Å². The third-order valence-electron chi connectivity index (χ3n) is 4.06. The molecule has 138 valence electrons. The smallest absolute Gasteiger partial charge is 0.191 e. The van der Waals surface area contributed by atoms with E-state index < -0.39 is 0 Å². The van der Waals surface area contributed by atoms with Gasteiger partial charge in [0.05, 0.1) is 16.7 Å². The van der Waals surface area contributed by atoms with E-state index in [1.165, 1.54) is 0 Å². The Hall–Kier alpha value is -2.33. The molecule has 1 heterocycles. The highest BCUT2D eigenvalue weighted by Gasteiger charge is 2.16. The summed E-state index contributed by atoms with van der Waals surface area (Å²) < 4.78 is 7.26. The molecule has 0 aliphatic carbocycles. The molecule has 27 heavy (non-hydrogen) atoms. The average molecular weight is 399 g/mol. The monoisotopic (exact) mass is 398 g/mol. The van der Waals surface area contributed by atoms with Crippen molar-refractivity contribution in [2.75, 3.05) is 13.7 Å². The van der Waals surface area contributed by atoms with Crippen LogP contribution in [0.4, 0.5) is 0 Å². The van der Waals surface area contributed by atoms with Gasteiger partial charge in [0.1, 0.15) is 0 Å². The van der Waals surface area contributed by atoms with Crippen LogP contribution in [-0.4, -0.2) is 28.5 Å². The first-order chi connectivity index (χ1) is 13.2. The van der Waals surface area contributed by atoms with E-state index in [0.717, 1.165) is 35.1 Å². The van der Waals surface area contributed by atoms with Crippen LogP contribution >= 0.6 is 23.4 Å². The summed E-state index contributed by atoms with van der Waals surface area (Å²) in [6, 6.07) is 17.5. The van der Waals surface area contributed by atoms with Crippen molar-refractivity contribution in [3.05, 3.63) is 64.7 Å². The molecule has 0 N–H and O–H groups in total. The average Bonchev–Trinajstić information content (AvgIpc) is 3.09. The number of methoxy groups -OCH3 is 1. The first kappa shape index (κ1) is 19.4. The lowest BCUT2D eigenvalue weighted by atomic mass is 10.1. The Balaban J connectivity index is 1.88. The minimum atomic E-state index is 0.643. The van der Waals surface area contributed by atoms with Crippen LogP contribution < -0.4 is 0 Å². The van der Waals surface area contributed by atoms with Crippen LogP contribution in [0.5, 0.6) is 0 Å². The quantitative estimate of drug-likeness (QED) is 0.403. The highest BCUT2D eigenvalue weighted by atomic mass is 35.5. The fraction of sp³-hybridized carbons (Fsp3) is 0.250. The van der Waals surface area contributed by atoms with Gasteiger partial charge in [0.25, 0.3) is 0 Å². The number of thioether (sulfide) groups is 1. The Labute approximate surface area is 167 Å². The molecule has 0 atom stereocenters. The third-order valence-corrected chi connectivity index (χ3v) is 5.40. The van der Waals surface area contributed by atoms with E-state index in [1.54, 1.807) is 18.9 Å². The van der Waals surface area contributed by atoms with Crippen LogP contribution in [0, 0.1) is 11.3 Å². The second-order valence-electron chi connectivity index (χ2n) is 5.84. The maximum Gasteiger partial charge on any atom is 0.191 e. The van der Waals surface area contributed by atoms with E-state index in [0.29, 0.717) is 22.9 Å². The topological polar surface area (TPSA) is 63.7 Å². The van der Waals surface area contributed by atoms with Gasteiger partial charge in [0, 0.05) is 31.6 Å². The van der Waals surface area contributed by atoms with Gasteiger partial charge in [-0.25, -0.2) is 0 Å². The minimum absolute atomic E-state index is 0.643. The molecule has 0 saturated heterocycles. The molecule has 1 aromatic heterocycles. The summed E-state index contributed by atoms with van der Waals surface area (Å²) in [5, 5.41) is 19.5. The van der Waals surface area contributed by atoms with Crippen molar-refractivity contribution in [3.8, 4) is 17.5 Å². The van der Waals surface area contributed by atoms with E-state index in [-0.39, 0.29) is 0 Å². The first-order valence-electron chi connectivity index (χ1n) is 8.52. The van der Waals surface area contributed by atoms with Gasteiger partial charge in [0.2, 0.25) is 0 Å². The Morgan fingerprint density at radius 1 is 1.15 bits per heavy atom. The van der Waals surface area contributed by atoms with Gasteiger partial charge < -0.3 is 9.30 Å². The van der Waals surface area contributed by atoms with Crippen molar-refractivity contribution in [2.45, 2.75) is 23.9 Å². The predicted molar refractivity (Wildman–Crippen MR) is 108 cm³/mol. The number of hydrogen-bond acceptors (Lipinski definition) is 5. The Bertz CT molecular complexity index is 951. The standard InChI is InChI=1S/C20H19ClN4OS/c1-26-12-6-11-25-19(17-9-4-5-10-18(17)21)23-24-20(25)27-14-16-8-3-2-7-15(16)13-22/h2-5,7-10H,6,11-12,14H2,1H3. The predicted octanol–water partition coefficient (Wildman–Crippen LogP) is 4.80. The van der Waals surface area contributed by atoms with Crippen LogP contribution in [0.25, 0.3) is 11.4 Å². The molecule has 7 heteroatoms. The van der Waals surface area contributed by atoms with Gasteiger partial charge in [-0.3, -0.25) is 0 Å². The molecule has 0 saturated carbocycles. The van der Waals surface area contributed by atoms with Crippen LogP contribution in [-0.2, 0) is 17.0 Å². The summed E-state index contributed by atoms with van der Waals surface area (Å²) in [6.45, 7) is 1.38. The zero-order chi connectivity index (χ0) is 19.1. The SMILES string of the molecule is COCCCn1c(SCc2ccccc2C#N)nnc1-c1ccccc1Cl. The summed E-state index contributed by atoms with van der Waals surface area (Å²) in [7, 11) is 1.69. The molecule has 2 aromatic carbocycles. The molecule has 0 unspecified atom stereocenters. The molecular weight excluding hydrogens is 380 g/mol. The number of nitrogens with zero attached hydrogens (tertiary/aromatic N) is 4. The highest BCUT2D eigenvalue weighted by Crippen LogP contribution is 2.31. The van der Waals surface area contributed by atoms with E-state index in [2.05, 4.69) is 20.8 Å². The number of halogens is 1. The molecule has 0 radical (unpaired) electrons. The number of aromatic nitrogens is 3. The Morgan fingerprint density at radius 3 is 2.70 bits per heavy atom. The van der Waals surface area contributed by atoms with Gasteiger partial charge in [-0.15, -0.1) is 10.2 Å². The molecule has 3 aromatic rings. The fourth-order valence-corrected chi connectivity index (χ4v) is 3.89. The Kier molecular flexibility index (Phi) is 6.88. The van der Waals surface area contributed by atoms with Crippen molar-refractivity contribution >= 4 is 23.4 Å². The fourth-order valence-electron chi connectivity index (χ4n) is 2.70. The maximum atomic E-state index is 9.28. The first-order valence-corrected chi connectivity index (χ1v) is 9.88. The molecule has 0 amide bonds. The highest BCUT2D eigenvalue weighted by molar-refractivity contribution is 7.98. The third kappa shape index (κ3) is 4.69. The summed E-state index contributed by atoms with van der Waals surface area (Å²) in [6.07, 6.45) is 0.842. The van der Waals surface area contributed by atoms with Gasteiger partial charge in [-0.2, -0.15) is 5.26 Å². The van der Waals surface area contributed by atoms with E-state index >= 15 is 0 Å². The van der Waals surface area contributed by atoms with Crippen molar-refractivity contribution < 1.29 is 4.74 Å². The largest absolute Gasteiger partial charge is 0.385 e. The number of hydrogen-bond donors (Lipinski definition) is 0. The maximum absolute atomic E-state index is 9.28. The number of benzene rings is 2. The van der Waals surface area contributed by atoms with Crippen LogP contribution in [0.15, 0.2) is 53.7 Å². The molecule has 3 rings (SSSR count). The van der Waals surface area contributed by atoms with Crippen LogP contribution in [0.1, 0.15) is 17.5 Å². The summed E-state index contributed by atoms with van der Waals surface area (Å²) in [5.74, 6) is 1.39. The van der Waals surface area contributed by atoms with Crippen molar-refractivity contribution in [3.63, 3.8) is 0 Å². The number of nitriles is 1. The molecule has 5 nitrogen and oxygen atoms in total. The van der Waals surface area contributed by atoms with Crippen LogP contribution in [0.3, 0.4) is 0 Å². The number of ether oxygens (including phenoxy) is 1. The lowest BCUT2D eigenvalue weighted by Gasteiger charge is -2.11. The normalized spacial score (nSPS) is 10.7. The van der Waals surface area contributed by atoms with Gasteiger partial charge >= 0.3 is 0 Å². The molecule has 0 spiro atoms. The second-order valence-corrected chi connectivity index (χ2v) is 7.19.